The zero-order valence-corrected chi connectivity index (χ0v) is 38.9. The van der Waals surface area contributed by atoms with E-state index in [-0.39, 0.29) is 62.3 Å². The summed E-state index contributed by atoms with van der Waals surface area (Å²) in [5.41, 5.74) is 8.09. The zero-order valence-electron chi connectivity index (χ0n) is 35.6. The number of ether oxygens (including phenoxy) is 2. The minimum absolute atomic E-state index is 0.134. The highest BCUT2D eigenvalue weighted by molar-refractivity contribution is 7.95. The average molecular weight is 919 g/mol. The number of aryl methyl sites for hydroxylation is 2. The van der Waals surface area contributed by atoms with Crippen molar-refractivity contribution < 1.29 is 37.7 Å². The lowest BCUT2D eigenvalue weighted by atomic mass is 9.86. The Kier molecular flexibility index (Phi) is 12.1. The van der Waals surface area contributed by atoms with Gasteiger partial charge >= 0.3 is 0 Å². The number of nitrogens with one attached hydrogen (secondary N) is 2. The van der Waals surface area contributed by atoms with Crippen LogP contribution in [0.5, 0.6) is 0 Å². The van der Waals surface area contributed by atoms with Crippen molar-refractivity contribution in [3.8, 4) is 0 Å². The Morgan fingerprint density at radius 3 is 1.37 bits per heavy atom. The fraction of sp³-hybridized carbons (Fsp3) is 0.542. The third kappa shape index (κ3) is 8.96. The summed E-state index contributed by atoms with van der Waals surface area (Å²) in [5.74, 6) is 1.49. The second kappa shape index (κ2) is 17.0. The fourth-order valence-electron chi connectivity index (χ4n) is 9.96. The van der Waals surface area contributed by atoms with Crippen molar-refractivity contribution in [1.29, 1.82) is 9.56 Å². The molecule has 2 aliphatic heterocycles. The van der Waals surface area contributed by atoms with E-state index in [2.05, 4.69) is 38.1 Å². The van der Waals surface area contributed by atoms with Gasteiger partial charge in [0.1, 0.15) is 19.6 Å². The van der Waals surface area contributed by atoms with Gasteiger partial charge < -0.3 is 19.7 Å². The van der Waals surface area contributed by atoms with E-state index in [1.54, 1.807) is 24.3 Å². The molecule has 10 rings (SSSR count). The van der Waals surface area contributed by atoms with Gasteiger partial charge in [-0.3, -0.25) is 9.59 Å². The van der Waals surface area contributed by atoms with Crippen LogP contribution < -0.4 is 0 Å². The van der Waals surface area contributed by atoms with Crippen LogP contribution in [-0.2, 0) is 88.2 Å². The van der Waals surface area contributed by atoms with Crippen molar-refractivity contribution in [1.82, 2.24) is 0 Å². The highest BCUT2D eigenvalue weighted by atomic mass is 32.2. The summed E-state index contributed by atoms with van der Waals surface area (Å²) in [4.78, 5) is 27.4. The molecule has 14 heteroatoms. The zero-order chi connectivity index (χ0) is 43.6. The van der Waals surface area contributed by atoms with E-state index in [4.69, 9.17) is 19.0 Å². The van der Waals surface area contributed by atoms with Crippen LogP contribution in [0.4, 0.5) is 0 Å². The maximum atomic E-state index is 13.1. The van der Waals surface area contributed by atoms with E-state index in [0.717, 1.165) is 49.7 Å². The van der Waals surface area contributed by atoms with Crippen LogP contribution in [0, 0.1) is 21.4 Å². The molecule has 0 unspecified atom stereocenters. The van der Waals surface area contributed by atoms with Gasteiger partial charge in [0, 0.05) is 22.6 Å². The Morgan fingerprint density at radius 1 is 0.645 bits per heavy atom. The molecule has 0 amide bonds. The van der Waals surface area contributed by atoms with Crippen LogP contribution >= 0.6 is 22.7 Å². The Morgan fingerprint density at radius 2 is 1.03 bits per heavy atom. The van der Waals surface area contributed by atoms with Gasteiger partial charge in [0.2, 0.25) is 0 Å². The van der Waals surface area contributed by atoms with Crippen LogP contribution in [0.3, 0.4) is 0 Å². The molecular formula is C48H58N2O8S4. The quantitative estimate of drug-likeness (QED) is 0.0868. The summed E-state index contributed by atoms with van der Waals surface area (Å²) in [6, 6.07) is 15.6. The normalized spacial score (nSPS) is 22.4. The number of aliphatic hydroxyl groups is 2. The molecule has 332 valence electrons. The topological polar surface area (TPSA) is 175 Å². The molecule has 0 bridgehead atoms. The monoisotopic (exact) mass is 918 g/mol. The summed E-state index contributed by atoms with van der Waals surface area (Å²) < 4.78 is 54.1. The van der Waals surface area contributed by atoms with E-state index in [1.165, 1.54) is 81.7 Å². The highest BCUT2D eigenvalue weighted by Crippen LogP contribution is 2.46. The number of Topliss-reactive ketones (excluding diaryl/α,β-unsaturated/α-hetero) is 2. The van der Waals surface area contributed by atoms with E-state index < -0.39 is 30.7 Å². The van der Waals surface area contributed by atoms with Crippen molar-refractivity contribution in [3.63, 3.8) is 0 Å². The molecule has 4 fully saturated rings. The molecule has 4 aliphatic carbocycles. The van der Waals surface area contributed by atoms with Gasteiger partial charge in [0.15, 0.2) is 11.6 Å². The van der Waals surface area contributed by atoms with Crippen LogP contribution in [0.2, 0.25) is 0 Å². The molecule has 4 aromatic rings. The molecule has 0 radical (unpaired) electrons. The number of carbonyl (C=O) groups is 2. The molecule has 10 nitrogen and oxygen atoms in total. The summed E-state index contributed by atoms with van der Waals surface area (Å²) in [6.07, 6.45) is 11.9. The largest absolute Gasteiger partial charge is 0.379 e. The van der Waals surface area contributed by atoms with Gasteiger partial charge in [-0.1, -0.05) is 38.1 Å². The molecule has 4 heterocycles. The first-order valence-electron chi connectivity index (χ1n) is 22.2. The number of benzene rings is 2. The van der Waals surface area contributed by atoms with Gasteiger partial charge in [0.25, 0.3) is 0 Å². The Hall–Kier alpha value is -3.08. The van der Waals surface area contributed by atoms with E-state index in [9.17, 15) is 28.2 Å². The number of hydrogen-bond donors (Lipinski definition) is 4. The molecular weight excluding hydrogens is 861 g/mol. The van der Waals surface area contributed by atoms with E-state index in [1.807, 2.05) is 0 Å². The predicted molar refractivity (Wildman–Crippen MR) is 243 cm³/mol. The molecule has 0 spiro atoms. The average Bonchev–Trinajstić information content (AvgIpc) is 3.92. The lowest BCUT2D eigenvalue weighted by molar-refractivity contribution is -0.182. The lowest BCUT2D eigenvalue weighted by Gasteiger charge is -2.35. The smallest absolute Gasteiger partial charge is 0.151 e. The van der Waals surface area contributed by atoms with E-state index in [0.29, 0.717) is 41.8 Å². The van der Waals surface area contributed by atoms with Gasteiger partial charge in [-0.25, -0.2) is 18.0 Å². The van der Waals surface area contributed by atoms with Crippen molar-refractivity contribution in [2.24, 2.45) is 11.8 Å². The highest BCUT2D eigenvalue weighted by Gasteiger charge is 2.41. The minimum atomic E-state index is -3.24. The Bertz CT molecular complexity index is 2430. The molecule has 4 atom stereocenters. The number of thiophene rings is 2. The van der Waals surface area contributed by atoms with Gasteiger partial charge in [-0.2, -0.15) is 0 Å². The number of fused-ring (bicyclic) bond motifs is 2. The van der Waals surface area contributed by atoms with Crippen molar-refractivity contribution in [2.45, 2.75) is 122 Å². The van der Waals surface area contributed by atoms with Crippen molar-refractivity contribution in [3.05, 3.63) is 103 Å². The first-order valence-corrected chi connectivity index (χ1v) is 27.3. The Balaban J connectivity index is 0.000000158. The van der Waals surface area contributed by atoms with Crippen LogP contribution in [0.15, 0.2) is 56.9 Å². The van der Waals surface area contributed by atoms with Gasteiger partial charge in [0.05, 0.1) is 57.4 Å². The third-order valence-electron chi connectivity index (χ3n) is 14.1. The number of ketones is 2. The standard InChI is InChI=1S/2C24H29NO4S2/c2*1-15(16-5-6-16)19-8-7-17-3-2-4-20(17)21(19)11-18(26)12-31(25,28)23-10-9-22(30-23)24(27)13-29-14-24/h2*7-10,15-16,25,27H,2-6,11-14H2,1H3/t15-,31+;15-,31-/m00/s1. The second-order valence-corrected chi connectivity index (χ2v) is 25.7. The summed E-state index contributed by atoms with van der Waals surface area (Å²) in [7, 11) is -6.47. The van der Waals surface area contributed by atoms with Crippen LogP contribution in [-0.4, -0.2) is 68.1 Å². The van der Waals surface area contributed by atoms with Crippen LogP contribution in [0.1, 0.15) is 118 Å². The van der Waals surface area contributed by atoms with Crippen molar-refractivity contribution in [2.75, 3.05) is 37.9 Å². The van der Waals surface area contributed by atoms with E-state index >= 15 is 0 Å². The fourth-order valence-corrected chi connectivity index (χ4v) is 15.5. The molecule has 62 heavy (non-hydrogen) atoms. The van der Waals surface area contributed by atoms with Crippen molar-refractivity contribution >= 4 is 53.7 Å². The first-order chi connectivity index (χ1) is 29.5. The number of carbonyl (C=O) groups excluding carboxylic acids is 2. The predicted octanol–water partition coefficient (Wildman–Crippen LogP) is 8.37. The minimum Gasteiger partial charge on any atom is -0.379 e. The van der Waals surface area contributed by atoms with Gasteiger partial charge in [-0.15, -0.1) is 22.7 Å². The maximum Gasteiger partial charge on any atom is 0.151 e. The first kappa shape index (κ1) is 44.1. The summed E-state index contributed by atoms with van der Waals surface area (Å²) in [5, 5.41) is 20.8. The second-order valence-electron chi connectivity index (χ2n) is 18.9. The summed E-state index contributed by atoms with van der Waals surface area (Å²) in [6.45, 7) is 5.38. The molecule has 2 aromatic carbocycles. The molecule has 2 aromatic heterocycles. The van der Waals surface area contributed by atoms with Crippen LogP contribution in [0.25, 0.3) is 0 Å². The third-order valence-corrected chi connectivity index (χ3v) is 21.4. The Labute approximate surface area is 373 Å². The molecule has 2 saturated heterocycles. The molecule has 6 aliphatic rings. The number of hydrogen-bond acceptors (Lipinski definition) is 12. The molecule has 2 saturated carbocycles. The summed E-state index contributed by atoms with van der Waals surface area (Å²) >= 11 is 2.33. The lowest BCUT2D eigenvalue weighted by Crippen LogP contribution is -2.45. The molecule has 4 N–H and O–H groups in total. The van der Waals surface area contributed by atoms with Gasteiger partial charge in [-0.05, 0) is 157 Å². The number of rotatable bonds is 16. The SMILES string of the molecule is C[C@H](c1ccc2c(c1CC(=O)C[S@@](=N)(=O)c1ccc(C3(O)COC3)s1)CCC2)C1CC1.C[C@H](c1ccc2c(c1CC(=O)C[S@](=N)(=O)c1ccc(C3(O)COC3)s1)CCC2)C1CC1. The maximum absolute atomic E-state index is 13.1.